The van der Waals surface area contributed by atoms with Crippen molar-refractivity contribution >= 4 is 17.9 Å². The summed E-state index contributed by atoms with van der Waals surface area (Å²) in [5.74, 6) is -1.23. The Morgan fingerprint density at radius 1 is 1.00 bits per heavy atom. The molecule has 0 aromatic carbocycles. The van der Waals surface area contributed by atoms with Gasteiger partial charge in [-0.05, 0) is 25.7 Å². The van der Waals surface area contributed by atoms with Crippen LogP contribution in [0.4, 0.5) is 4.79 Å². The first-order valence-electron chi connectivity index (χ1n) is 6.87. The molecular weight excluding hydrogens is 262 g/mol. The van der Waals surface area contributed by atoms with Crippen molar-refractivity contribution in [3.05, 3.63) is 0 Å². The van der Waals surface area contributed by atoms with Crippen molar-refractivity contribution in [2.75, 3.05) is 27.2 Å². The van der Waals surface area contributed by atoms with Gasteiger partial charge in [-0.25, -0.2) is 4.79 Å². The lowest BCUT2D eigenvalue weighted by Crippen LogP contribution is -2.41. The maximum absolute atomic E-state index is 11.9. The maximum Gasteiger partial charge on any atom is 0.316 e. The van der Waals surface area contributed by atoms with Crippen molar-refractivity contribution in [3.8, 4) is 0 Å². The van der Waals surface area contributed by atoms with Gasteiger partial charge < -0.3 is 20.6 Å². The van der Waals surface area contributed by atoms with E-state index in [0.717, 1.165) is 0 Å². The van der Waals surface area contributed by atoms with Crippen molar-refractivity contribution in [1.82, 2.24) is 15.5 Å². The third kappa shape index (κ3) is 5.07. The van der Waals surface area contributed by atoms with Crippen LogP contribution in [0, 0.1) is 11.8 Å². The van der Waals surface area contributed by atoms with Crippen LogP contribution < -0.4 is 10.6 Å². The summed E-state index contributed by atoms with van der Waals surface area (Å²) in [6.45, 7) is 0.768. The molecule has 1 aliphatic rings. The molecule has 1 aliphatic carbocycles. The molecule has 0 aromatic rings. The van der Waals surface area contributed by atoms with E-state index in [1.54, 1.807) is 14.1 Å². The molecule has 0 saturated heterocycles. The molecule has 7 heteroatoms. The Balaban J connectivity index is 2.18. The van der Waals surface area contributed by atoms with E-state index < -0.39 is 5.97 Å². The molecule has 0 spiro atoms. The Labute approximate surface area is 118 Å². The molecule has 0 radical (unpaired) electrons. The summed E-state index contributed by atoms with van der Waals surface area (Å²) in [7, 11) is 3.30. The first-order chi connectivity index (χ1) is 9.41. The predicted octanol–water partition coefficient (Wildman–Crippen LogP) is 0.265. The quantitative estimate of drug-likeness (QED) is 0.631. The topological polar surface area (TPSA) is 98.7 Å². The number of carbonyl (C=O) groups excluding carboxylic acids is 2. The normalized spacial score (nSPS) is 21.9. The Kier molecular flexibility index (Phi) is 6.27. The number of hydrogen-bond donors (Lipinski definition) is 3. The second-order valence-electron chi connectivity index (χ2n) is 5.30. The van der Waals surface area contributed by atoms with Gasteiger partial charge in [-0.1, -0.05) is 0 Å². The van der Waals surface area contributed by atoms with Gasteiger partial charge in [-0.15, -0.1) is 0 Å². The lowest BCUT2D eigenvalue weighted by Gasteiger charge is -2.25. The van der Waals surface area contributed by atoms with Crippen LogP contribution in [-0.2, 0) is 9.59 Å². The Bertz CT molecular complexity index is 363. The molecule has 1 saturated carbocycles. The third-order valence-electron chi connectivity index (χ3n) is 3.55. The molecule has 1 fully saturated rings. The molecule has 3 amide bonds. The largest absolute Gasteiger partial charge is 0.481 e. The van der Waals surface area contributed by atoms with Gasteiger partial charge in [0.05, 0.1) is 5.92 Å². The van der Waals surface area contributed by atoms with Gasteiger partial charge in [-0.3, -0.25) is 9.59 Å². The predicted molar refractivity (Wildman–Crippen MR) is 73.2 cm³/mol. The van der Waals surface area contributed by atoms with Gasteiger partial charge in [0.2, 0.25) is 5.91 Å². The van der Waals surface area contributed by atoms with E-state index in [9.17, 15) is 14.4 Å². The van der Waals surface area contributed by atoms with Gasteiger partial charge in [0.1, 0.15) is 0 Å². The highest BCUT2D eigenvalue weighted by molar-refractivity contribution is 5.79. The van der Waals surface area contributed by atoms with Crippen LogP contribution in [0.25, 0.3) is 0 Å². The summed E-state index contributed by atoms with van der Waals surface area (Å²) in [5, 5.41) is 14.3. The lowest BCUT2D eigenvalue weighted by atomic mass is 9.81. The van der Waals surface area contributed by atoms with E-state index in [0.29, 0.717) is 38.8 Å². The van der Waals surface area contributed by atoms with Crippen LogP contribution in [0.5, 0.6) is 0 Å². The Morgan fingerprint density at radius 3 is 2.00 bits per heavy atom. The summed E-state index contributed by atoms with van der Waals surface area (Å²) < 4.78 is 0. The second-order valence-corrected chi connectivity index (χ2v) is 5.30. The summed E-state index contributed by atoms with van der Waals surface area (Å²) >= 11 is 0. The first-order valence-corrected chi connectivity index (χ1v) is 6.87. The average Bonchev–Trinajstić information content (AvgIpc) is 2.43. The number of aliphatic carboxylic acids is 1. The van der Waals surface area contributed by atoms with Gasteiger partial charge >= 0.3 is 12.0 Å². The number of carbonyl (C=O) groups is 3. The van der Waals surface area contributed by atoms with Crippen molar-refractivity contribution in [2.24, 2.45) is 11.8 Å². The third-order valence-corrected chi connectivity index (χ3v) is 3.55. The van der Waals surface area contributed by atoms with E-state index in [-0.39, 0.29) is 23.8 Å². The van der Waals surface area contributed by atoms with E-state index in [1.807, 2.05) is 0 Å². The lowest BCUT2D eigenvalue weighted by molar-refractivity contribution is -0.144. The number of hydrogen-bond acceptors (Lipinski definition) is 3. The molecule has 0 heterocycles. The molecule has 0 bridgehead atoms. The SMILES string of the molecule is CN(C)C(=O)NCCNC(=O)C1CCC(C(=O)O)CC1. The summed E-state index contributed by atoms with van der Waals surface area (Å²) in [6.07, 6.45) is 2.36. The maximum atomic E-state index is 11.9. The highest BCUT2D eigenvalue weighted by atomic mass is 16.4. The van der Waals surface area contributed by atoms with Crippen LogP contribution in [0.15, 0.2) is 0 Å². The smallest absolute Gasteiger partial charge is 0.316 e. The van der Waals surface area contributed by atoms with Crippen LogP contribution in [0.2, 0.25) is 0 Å². The molecule has 0 aromatic heterocycles. The Hall–Kier alpha value is -1.79. The minimum atomic E-state index is -0.768. The fourth-order valence-electron chi connectivity index (χ4n) is 2.26. The fourth-order valence-corrected chi connectivity index (χ4v) is 2.26. The molecule has 114 valence electrons. The molecule has 0 aliphatic heterocycles. The first kappa shape index (κ1) is 16.3. The number of urea groups is 1. The highest BCUT2D eigenvalue weighted by Crippen LogP contribution is 2.28. The van der Waals surface area contributed by atoms with Crippen molar-refractivity contribution in [2.45, 2.75) is 25.7 Å². The van der Waals surface area contributed by atoms with Gasteiger partial charge in [-0.2, -0.15) is 0 Å². The molecule has 3 N–H and O–H groups in total. The van der Waals surface area contributed by atoms with Crippen molar-refractivity contribution in [3.63, 3.8) is 0 Å². The molecule has 1 rings (SSSR count). The fraction of sp³-hybridized carbons (Fsp3) is 0.769. The Morgan fingerprint density at radius 2 is 1.50 bits per heavy atom. The van der Waals surface area contributed by atoms with Crippen LogP contribution in [-0.4, -0.2) is 55.1 Å². The van der Waals surface area contributed by atoms with Gasteiger partial charge in [0, 0.05) is 33.1 Å². The molecule has 20 heavy (non-hydrogen) atoms. The number of rotatable bonds is 5. The van der Waals surface area contributed by atoms with E-state index in [1.165, 1.54) is 4.90 Å². The van der Waals surface area contributed by atoms with Crippen LogP contribution >= 0.6 is 0 Å². The van der Waals surface area contributed by atoms with Crippen LogP contribution in [0.3, 0.4) is 0 Å². The molecule has 7 nitrogen and oxygen atoms in total. The standard InChI is InChI=1S/C13H23N3O4/c1-16(2)13(20)15-8-7-14-11(17)9-3-5-10(6-4-9)12(18)19/h9-10H,3-8H2,1-2H3,(H,14,17)(H,15,20)(H,18,19). The zero-order valence-electron chi connectivity index (χ0n) is 12.0. The minimum absolute atomic E-state index is 0.0482. The van der Waals surface area contributed by atoms with E-state index in [2.05, 4.69) is 10.6 Å². The van der Waals surface area contributed by atoms with Crippen LogP contribution in [0.1, 0.15) is 25.7 Å². The number of nitrogens with one attached hydrogen (secondary N) is 2. The average molecular weight is 285 g/mol. The van der Waals surface area contributed by atoms with E-state index >= 15 is 0 Å². The summed E-state index contributed by atoms with van der Waals surface area (Å²) in [5.41, 5.74) is 0. The number of carboxylic acid groups (broad SMARTS) is 1. The zero-order valence-corrected chi connectivity index (χ0v) is 12.0. The minimum Gasteiger partial charge on any atom is -0.481 e. The number of nitrogens with zero attached hydrogens (tertiary/aromatic N) is 1. The monoisotopic (exact) mass is 285 g/mol. The van der Waals surface area contributed by atoms with Crippen molar-refractivity contribution < 1.29 is 19.5 Å². The summed E-state index contributed by atoms with van der Waals surface area (Å²) in [4.78, 5) is 35.3. The van der Waals surface area contributed by atoms with Gasteiger partial charge in [0.25, 0.3) is 0 Å². The second kappa shape index (κ2) is 7.72. The van der Waals surface area contributed by atoms with E-state index in [4.69, 9.17) is 5.11 Å². The summed E-state index contributed by atoms with van der Waals surface area (Å²) in [6, 6.07) is -0.193. The molecular formula is C13H23N3O4. The number of amides is 3. The number of carboxylic acids is 1. The molecule has 0 unspecified atom stereocenters. The van der Waals surface area contributed by atoms with Gasteiger partial charge in [0.15, 0.2) is 0 Å². The van der Waals surface area contributed by atoms with Crippen molar-refractivity contribution in [1.29, 1.82) is 0 Å². The zero-order chi connectivity index (χ0) is 15.1. The molecule has 0 atom stereocenters. The highest BCUT2D eigenvalue weighted by Gasteiger charge is 2.29.